The number of primary amides is 1. The van der Waals surface area contributed by atoms with Crippen LogP contribution in [0, 0.1) is 5.92 Å². The van der Waals surface area contributed by atoms with Crippen molar-refractivity contribution in [2.75, 3.05) is 25.5 Å². The summed E-state index contributed by atoms with van der Waals surface area (Å²) >= 11 is 0. The molecule has 132 valence electrons. The van der Waals surface area contributed by atoms with Gasteiger partial charge in [-0.3, -0.25) is 4.79 Å². The molecule has 2 rings (SSSR count). The smallest absolute Gasteiger partial charge is 0.321 e. The fraction of sp³-hybridized carbons (Fsp3) is 0.556. The van der Waals surface area contributed by atoms with Crippen molar-refractivity contribution < 1.29 is 14.3 Å². The summed E-state index contributed by atoms with van der Waals surface area (Å²) in [6, 6.07) is 4.61. The second-order valence-corrected chi connectivity index (χ2v) is 6.28. The Morgan fingerprint density at radius 2 is 2.12 bits per heavy atom. The molecule has 1 aromatic rings. The molecule has 1 fully saturated rings. The topological polar surface area (TPSA) is 84.7 Å². The summed E-state index contributed by atoms with van der Waals surface area (Å²) in [5.41, 5.74) is 6.11. The summed E-state index contributed by atoms with van der Waals surface area (Å²) in [5.74, 6) is 0.679. The van der Waals surface area contributed by atoms with Crippen molar-refractivity contribution in [3.05, 3.63) is 23.8 Å². The van der Waals surface area contributed by atoms with Gasteiger partial charge in [0.25, 0.3) is 0 Å². The molecule has 1 atom stereocenters. The van der Waals surface area contributed by atoms with Gasteiger partial charge in [0, 0.05) is 18.7 Å². The Labute approximate surface area is 143 Å². The van der Waals surface area contributed by atoms with Gasteiger partial charge in [-0.2, -0.15) is 0 Å². The Morgan fingerprint density at radius 3 is 2.79 bits per heavy atom. The third-order valence-electron chi connectivity index (χ3n) is 4.56. The largest absolute Gasteiger partial charge is 0.495 e. The molecule has 0 aromatic heterocycles. The van der Waals surface area contributed by atoms with Gasteiger partial charge in [0.2, 0.25) is 5.91 Å². The van der Waals surface area contributed by atoms with Crippen molar-refractivity contribution in [2.24, 2.45) is 11.7 Å². The van der Waals surface area contributed by atoms with Gasteiger partial charge in [-0.25, -0.2) is 4.79 Å². The minimum Gasteiger partial charge on any atom is -0.495 e. The first-order chi connectivity index (χ1) is 11.5. The van der Waals surface area contributed by atoms with Crippen LogP contribution in [0.3, 0.4) is 0 Å². The van der Waals surface area contributed by atoms with E-state index in [1.807, 2.05) is 4.90 Å². The van der Waals surface area contributed by atoms with Crippen LogP contribution in [-0.4, -0.2) is 37.0 Å². The lowest BCUT2D eigenvalue weighted by atomic mass is 9.96. The number of nitrogens with one attached hydrogen (secondary N) is 1. The molecule has 1 saturated heterocycles. The standard InChI is InChI=1S/C18H27N3O3/c1-3-5-13-6-4-10-21(11-9-13)18(23)20-15-12-14(17(19)22)7-8-16(15)24-2/h7-8,12-13H,3-6,9-11H2,1-2H3,(H2,19,22)(H,20,23). The van der Waals surface area contributed by atoms with Crippen molar-refractivity contribution >= 4 is 17.6 Å². The number of carbonyl (C=O) groups excluding carboxylic acids is 2. The predicted octanol–water partition coefficient (Wildman–Crippen LogP) is 3.23. The molecule has 0 aliphatic carbocycles. The highest BCUT2D eigenvalue weighted by Crippen LogP contribution is 2.27. The predicted molar refractivity (Wildman–Crippen MR) is 94.4 cm³/mol. The first kappa shape index (κ1) is 18.1. The van der Waals surface area contributed by atoms with E-state index in [-0.39, 0.29) is 6.03 Å². The second kappa shape index (κ2) is 8.57. The minimum absolute atomic E-state index is 0.160. The maximum absolute atomic E-state index is 12.6. The summed E-state index contributed by atoms with van der Waals surface area (Å²) in [5, 5.41) is 2.86. The van der Waals surface area contributed by atoms with Crippen LogP contribution in [0.15, 0.2) is 18.2 Å². The summed E-state index contributed by atoms with van der Waals surface area (Å²) < 4.78 is 5.26. The molecule has 3 N–H and O–H groups in total. The van der Waals surface area contributed by atoms with E-state index < -0.39 is 5.91 Å². The fourth-order valence-electron chi connectivity index (χ4n) is 3.22. The Morgan fingerprint density at radius 1 is 1.33 bits per heavy atom. The zero-order valence-corrected chi connectivity index (χ0v) is 14.5. The Balaban J connectivity index is 2.06. The van der Waals surface area contributed by atoms with Crippen LogP contribution in [0.5, 0.6) is 5.75 Å². The van der Waals surface area contributed by atoms with E-state index in [0.717, 1.165) is 25.9 Å². The van der Waals surface area contributed by atoms with E-state index >= 15 is 0 Å². The molecule has 6 nitrogen and oxygen atoms in total. The van der Waals surface area contributed by atoms with Crippen molar-refractivity contribution in [2.45, 2.75) is 39.0 Å². The molecule has 24 heavy (non-hydrogen) atoms. The highest BCUT2D eigenvalue weighted by molar-refractivity contribution is 5.97. The maximum Gasteiger partial charge on any atom is 0.321 e. The number of amides is 3. The minimum atomic E-state index is -0.537. The Kier molecular flexibility index (Phi) is 6.46. The normalized spacial score (nSPS) is 17.9. The average Bonchev–Trinajstić information content (AvgIpc) is 2.81. The van der Waals surface area contributed by atoms with Crippen LogP contribution in [0.2, 0.25) is 0 Å². The Bertz CT molecular complexity index is 589. The summed E-state index contributed by atoms with van der Waals surface area (Å²) in [7, 11) is 1.52. The van der Waals surface area contributed by atoms with Crippen LogP contribution in [0.25, 0.3) is 0 Å². The van der Waals surface area contributed by atoms with Gasteiger partial charge in [-0.1, -0.05) is 19.8 Å². The van der Waals surface area contributed by atoms with Gasteiger partial charge in [0.1, 0.15) is 5.75 Å². The number of urea groups is 1. The van der Waals surface area contributed by atoms with Crippen molar-refractivity contribution in [3.63, 3.8) is 0 Å². The molecule has 0 spiro atoms. The van der Waals surface area contributed by atoms with Crippen LogP contribution >= 0.6 is 0 Å². The molecule has 0 saturated carbocycles. The lowest BCUT2D eigenvalue weighted by molar-refractivity contribution is 0.1000. The first-order valence-corrected chi connectivity index (χ1v) is 8.59. The zero-order chi connectivity index (χ0) is 17.5. The molecule has 1 aliphatic heterocycles. The van der Waals surface area contributed by atoms with Crippen LogP contribution in [0.1, 0.15) is 49.4 Å². The first-order valence-electron chi connectivity index (χ1n) is 8.59. The Hall–Kier alpha value is -2.24. The number of ether oxygens (including phenoxy) is 1. The number of nitrogens with two attached hydrogens (primary N) is 1. The number of hydrogen-bond donors (Lipinski definition) is 2. The number of rotatable bonds is 5. The summed E-state index contributed by atoms with van der Waals surface area (Å²) in [6.07, 6.45) is 5.66. The van der Waals surface area contributed by atoms with Crippen LogP contribution < -0.4 is 15.8 Å². The number of benzene rings is 1. The molecule has 6 heteroatoms. The third-order valence-corrected chi connectivity index (χ3v) is 4.56. The van der Waals surface area contributed by atoms with E-state index in [0.29, 0.717) is 22.9 Å². The SMILES string of the molecule is CCCC1CCCN(C(=O)Nc2cc(C(N)=O)ccc2OC)CC1. The molecule has 0 bridgehead atoms. The van der Waals surface area contributed by atoms with Gasteiger partial charge in [0.15, 0.2) is 0 Å². The lowest BCUT2D eigenvalue weighted by Gasteiger charge is -2.22. The van der Waals surface area contributed by atoms with Gasteiger partial charge in [-0.15, -0.1) is 0 Å². The molecule has 1 aromatic carbocycles. The summed E-state index contributed by atoms with van der Waals surface area (Å²) in [4.78, 5) is 25.8. The van der Waals surface area contributed by atoms with E-state index in [1.165, 1.54) is 26.4 Å². The number of carbonyl (C=O) groups is 2. The number of methoxy groups -OCH3 is 1. The van der Waals surface area contributed by atoms with Gasteiger partial charge in [0.05, 0.1) is 12.8 Å². The van der Waals surface area contributed by atoms with Gasteiger partial charge < -0.3 is 20.7 Å². The number of nitrogens with zero attached hydrogens (tertiary/aromatic N) is 1. The average molecular weight is 333 g/mol. The van der Waals surface area contributed by atoms with E-state index in [4.69, 9.17) is 10.5 Å². The second-order valence-electron chi connectivity index (χ2n) is 6.28. The van der Waals surface area contributed by atoms with E-state index in [1.54, 1.807) is 18.2 Å². The van der Waals surface area contributed by atoms with E-state index in [9.17, 15) is 9.59 Å². The number of hydrogen-bond acceptors (Lipinski definition) is 3. The van der Waals surface area contributed by atoms with Crippen LogP contribution in [-0.2, 0) is 0 Å². The molecular weight excluding hydrogens is 306 g/mol. The van der Waals surface area contributed by atoms with Crippen molar-refractivity contribution in [1.29, 1.82) is 0 Å². The third kappa shape index (κ3) is 4.63. The maximum atomic E-state index is 12.6. The quantitative estimate of drug-likeness (QED) is 0.867. The molecule has 1 unspecified atom stereocenters. The highest BCUT2D eigenvalue weighted by atomic mass is 16.5. The zero-order valence-electron chi connectivity index (χ0n) is 14.5. The highest BCUT2D eigenvalue weighted by Gasteiger charge is 2.21. The van der Waals surface area contributed by atoms with Crippen molar-refractivity contribution in [3.8, 4) is 5.75 Å². The van der Waals surface area contributed by atoms with Crippen LogP contribution in [0.4, 0.5) is 10.5 Å². The lowest BCUT2D eigenvalue weighted by Crippen LogP contribution is -2.35. The number of likely N-dealkylation sites (tertiary alicyclic amines) is 1. The van der Waals surface area contributed by atoms with Gasteiger partial charge in [-0.05, 0) is 43.4 Å². The molecular formula is C18H27N3O3. The molecule has 1 aliphatic rings. The van der Waals surface area contributed by atoms with Crippen molar-refractivity contribution in [1.82, 2.24) is 4.90 Å². The number of anilines is 1. The molecule has 1 heterocycles. The molecule has 0 radical (unpaired) electrons. The fourth-order valence-corrected chi connectivity index (χ4v) is 3.22. The van der Waals surface area contributed by atoms with E-state index in [2.05, 4.69) is 12.2 Å². The summed E-state index contributed by atoms with van der Waals surface area (Å²) in [6.45, 7) is 3.71. The monoisotopic (exact) mass is 333 g/mol. The van der Waals surface area contributed by atoms with Gasteiger partial charge >= 0.3 is 6.03 Å². The molecule has 3 amide bonds.